The van der Waals surface area contributed by atoms with Gasteiger partial charge in [0.2, 0.25) is 0 Å². The van der Waals surface area contributed by atoms with E-state index in [-0.39, 0.29) is 17.9 Å². The average molecular weight is 424 g/mol. The number of furan rings is 1. The lowest BCUT2D eigenvalue weighted by Crippen LogP contribution is -2.39. The van der Waals surface area contributed by atoms with E-state index in [0.29, 0.717) is 31.9 Å². The summed E-state index contributed by atoms with van der Waals surface area (Å²) in [6, 6.07) is 9.33. The lowest BCUT2D eigenvalue weighted by atomic mass is 9.96. The number of nitrogens with zero attached hydrogens (tertiary/aromatic N) is 2. The fourth-order valence-electron chi connectivity index (χ4n) is 3.42. The van der Waals surface area contributed by atoms with Crippen molar-refractivity contribution in [1.29, 1.82) is 0 Å². The highest BCUT2D eigenvalue weighted by molar-refractivity contribution is 7.07. The maximum atomic E-state index is 13.3. The first-order valence-electron chi connectivity index (χ1n) is 9.44. The number of fused-ring (bicyclic) bond motifs is 1. The monoisotopic (exact) mass is 424 g/mol. The Balaban J connectivity index is 1.96. The molecule has 1 aliphatic heterocycles. The first kappa shape index (κ1) is 19.9. The van der Waals surface area contributed by atoms with Crippen molar-refractivity contribution >= 4 is 23.4 Å². The number of ether oxygens (including phenoxy) is 1. The largest absolute Gasteiger partial charge is 0.508 e. The molecule has 1 N–H and O–H groups in total. The number of esters is 1. The molecule has 2 aromatic heterocycles. The van der Waals surface area contributed by atoms with E-state index in [2.05, 4.69) is 4.99 Å². The van der Waals surface area contributed by atoms with Gasteiger partial charge in [0.1, 0.15) is 17.3 Å². The van der Waals surface area contributed by atoms with E-state index in [1.54, 1.807) is 38.1 Å². The molecule has 0 radical (unpaired) electrons. The second-order valence-electron chi connectivity index (χ2n) is 6.84. The molecule has 1 aromatic carbocycles. The minimum atomic E-state index is -0.707. The zero-order valence-corrected chi connectivity index (χ0v) is 17.5. The van der Waals surface area contributed by atoms with E-state index in [9.17, 15) is 14.7 Å². The summed E-state index contributed by atoms with van der Waals surface area (Å²) in [6.07, 6.45) is 1.67. The van der Waals surface area contributed by atoms with Crippen LogP contribution in [0.2, 0.25) is 0 Å². The van der Waals surface area contributed by atoms with Crippen molar-refractivity contribution in [2.45, 2.75) is 26.8 Å². The molecular formula is C22H20N2O5S. The number of hydrogen-bond donors (Lipinski definition) is 1. The maximum absolute atomic E-state index is 13.3. The Labute approximate surface area is 175 Å². The molecule has 3 heterocycles. The van der Waals surface area contributed by atoms with Crippen LogP contribution >= 0.6 is 11.3 Å². The molecule has 0 saturated carbocycles. The molecule has 154 valence electrons. The molecule has 0 aliphatic carbocycles. The van der Waals surface area contributed by atoms with Gasteiger partial charge in [-0.15, -0.1) is 0 Å². The standard InChI is InChI=1S/C22H20N2O5S/c1-4-28-21(27)18-13(3)23-22-24(19(18)14-6-8-15(25)9-7-14)20(26)17(30-22)11-16-10-5-12(2)29-16/h5-11,19,25H,4H2,1-3H3/b17-11-. The van der Waals surface area contributed by atoms with E-state index in [4.69, 9.17) is 9.15 Å². The molecule has 3 aromatic rings. The van der Waals surface area contributed by atoms with Gasteiger partial charge in [-0.2, -0.15) is 0 Å². The Bertz CT molecular complexity index is 1330. The highest BCUT2D eigenvalue weighted by Crippen LogP contribution is 2.31. The first-order chi connectivity index (χ1) is 14.4. The molecule has 8 heteroatoms. The van der Waals surface area contributed by atoms with Crippen molar-refractivity contribution in [1.82, 2.24) is 4.57 Å². The molecule has 0 saturated heterocycles. The number of carbonyl (C=O) groups excluding carboxylic acids is 1. The average Bonchev–Trinajstić information content (AvgIpc) is 3.24. The highest BCUT2D eigenvalue weighted by Gasteiger charge is 2.33. The summed E-state index contributed by atoms with van der Waals surface area (Å²) in [5.41, 5.74) is 1.19. The third kappa shape index (κ3) is 3.50. The number of rotatable bonds is 4. The summed E-state index contributed by atoms with van der Waals surface area (Å²) in [5, 5.41) is 9.68. The molecule has 0 spiro atoms. The van der Waals surface area contributed by atoms with Crippen molar-refractivity contribution in [2.24, 2.45) is 4.99 Å². The van der Waals surface area contributed by atoms with Crippen LogP contribution in [0.5, 0.6) is 5.75 Å². The summed E-state index contributed by atoms with van der Waals surface area (Å²) in [4.78, 5) is 31.1. The Morgan fingerprint density at radius 2 is 2.00 bits per heavy atom. The summed E-state index contributed by atoms with van der Waals surface area (Å²) in [7, 11) is 0. The molecular weight excluding hydrogens is 404 g/mol. The van der Waals surface area contributed by atoms with Crippen LogP contribution < -0.4 is 14.9 Å². The number of carbonyl (C=O) groups is 1. The van der Waals surface area contributed by atoms with E-state index in [1.807, 2.05) is 13.0 Å². The Hall–Kier alpha value is -3.39. The highest BCUT2D eigenvalue weighted by atomic mass is 32.1. The van der Waals surface area contributed by atoms with Gasteiger partial charge in [-0.1, -0.05) is 23.5 Å². The number of phenolic OH excluding ortho intramolecular Hbond substituents is 1. The summed E-state index contributed by atoms with van der Waals surface area (Å²) >= 11 is 1.23. The van der Waals surface area contributed by atoms with Crippen LogP contribution in [0, 0.1) is 6.92 Å². The second kappa shape index (κ2) is 7.79. The van der Waals surface area contributed by atoms with Gasteiger partial charge >= 0.3 is 5.97 Å². The van der Waals surface area contributed by atoms with Crippen LogP contribution in [-0.2, 0) is 9.53 Å². The summed E-state index contributed by atoms with van der Waals surface area (Å²) < 4.78 is 12.8. The Morgan fingerprint density at radius 3 is 2.63 bits per heavy atom. The van der Waals surface area contributed by atoms with Gasteiger partial charge in [0.05, 0.1) is 28.5 Å². The molecule has 4 rings (SSSR count). The fraction of sp³-hybridized carbons (Fsp3) is 0.227. The maximum Gasteiger partial charge on any atom is 0.338 e. The van der Waals surface area contributed by atoms with Crippen molar-refractivity contribution in [2.75, 3.05) is 6.61 Å². The van der Waals surface area contributed by atoms with Crippen molar-refractivity contribution in [3.8, 4) is 5.75 Å². The molecule has 0 amide bonds. The van der Waals surface area contributed by atoms with Gasteiger partial charge < -0.3 is 14.3 Å². The van der Waals surface area contributed by atoms with Crippen LogP contribution in [0.1, 0.15) is 37.0 Å². The third-order valence-electron chi connectivity index (χ3n) is 4.76. The van der Waals surface area contributed by atoms with Crippen molar-refractivity contribution < 1.29 is 19.1 Å². The van der Waals surface area contributed by atoms with E-state index in [0.717, 1.165) is 5.76 Å². The number of allylic oxidation sites excluding steroid dienone is 1. The number of phenols is 1. The second-order valence-corrected chi connectivity index (χ2v) is 7.85. The molecule has 1 aliphatic rings. The van der Waals surface area contributed by atoms with Gasteiger partial charge in [0, 0.05) is 6.08 Å². The lowest BCUT2D eigenvalue weighted by molar-refractivity contribution is -0.139. The van der Waals surface area contributed by atoms with Crippen LogP contribution in [0.25, 0.3) is 6.08 Å². The van der Waals surface area contributed by atoms with Crippen LogP contribution in [-0.4, -0.2) is 22.2 Å². The quantitative estimate of drug-likeness (QED) is 0.649. The molecule has 1 atom stereocenters. The van der Waals surface area contributed by atoms with Crippen LogP contribution in [0.4, 0.5) is 0 Å². The zero-order chi connectivity index (χ0) is 21.4. The topological polar surface area (TPSA) is 94.0 Å². The molecule has 0 bridgehead atoms. The van der Waals surface area contributed by atoms with E-state index >= 15 is 0 Å². The number of aromatic nitrogens is 1. The number of aryl methyl sites for hydroxylation is 1. The third-order valence-corrected chi connectivity index (χ3v) is 5.74. The smallest absolute Gasteiger partial charge is 0.338 e. The van der Waals surface area contributed by atoms with Crippen molar-refractivity contribution in [3.05, 3.63) is 84.4 Å². The zero-order valence-electron chi connectivity index (χ0n) is 16.7. The molecule has 1 unspecified atom stereocenters. The van der Waals surface area contributed by atoms with Gasteiger partial charge in [0.15, 0.2) is 4.80 Å². The van der Waals surface area contributed by atoms with Gasteiger partial charge in [0.25, 0.3) is 5.56 Å². The van der Waals surface area contributed by atoms with Gasteiger partial charge in [-0.3, -0.25) is 9.36 Å². The number of hydrogen-bond acceptors (Lipinski definition) is 7. The minimum Gasteiger partial charge on any atom is -0.508 e. The normalized spacial score (nSPS) is 16.4. The number of thiazole rings is 1. The SMILES string of the molecule is CCOC(=O)C1=C(C)N=c2s/c(=C\c3ccc(C)o3)c(=O)n2C1c1ccc(O)cc1. The Morgan fingerprint density at radius 1 is 1.27 bits per heavy atom. The molecule has 7 nitrogen and oxygen atoms in total. The number of benzene rings is 1. The predicted molar refractivity (Wildman–Crippen MR) is 112 cm³/mol. The van der Waals surface area contributed by atoms with Gasteiger partial charge in [-0.25, -0.2) is 9.79 Å². The Kier molecular flexibility index (Phi) is 5.17. The van der Waals surface area contributed by atoms with Crippen molar-refractivity contribution in [3.63, 3.8) is 0 Å². The summed E-state index contributed by atoms with van der Waals surface area (Å²) in [6.45, 7) is 5.50. The van der Waals surface area contributed by atoms with Crippen LogP contribution in [0.3, 0.4) is 0 Å². The lowest BCUT2D eigenvalue weighted by Gasteiger charge is -2.24. The van der Waals surface area contributed by atoms with E-state index in [1.165, 1.54) is 28.0 Å². The fourth-order valence-corrected chi connectivity index (χ4v) is 4.45. The van der Waals surface area contributed by atoms with Crippen LogP contribution in [0.15, 0.2) is 61.9 Å². The molecule has 30 heavy (non-hydrogen) atoms. The minimum absolute atomic E-state index is 0.0951. The molecule has 0 fully saturated rings. The van der Waals surface area contributed by atoms with E-state index < -0.39 is 12.0 Å². The number of aromatic hydroxyl groups is 1. The predicted octanol–water partition coefficient (Wildman–Crippen LogP) is 2.41. The first-order valence-corrected chi connectivity index (χ1v) is 10.3. The summed E-state index contributed by atoms with van der Waals surface area (Å²) in [5.74, 6) is 0.891. The van der Waals surface area contributed by atoms with Gasteiger partial charge in [-0.05, 0) is 50.6 Å².